The van der Waals surface area contributed by atoms with Gasteiger partial charge in [0.05, 0.1) is 4.90 Å². The minimum atomic E-state index is -3.61. The molecule has 2 aromatic rings. The van der Waals surface area contributed by atoms with E-state index < -0.39 is 10.0 Å². The van der Waals surface area contributed by atoms with Gasteiger partial charge in [0.2, 0.25) is 10.0 Å². The van der Waals surface area contributed by atoms with Gasteiger partial charge < -0.3 is 5.32 Å². The van der Waals surface area contributed by atoms with E-state index >= 15 is 0 Å². The number of anilines is 2. The minimum Gasteiger partial charge on any atom is -0.355 e. The molecule has 0 amide bonds. The van der Waals surface area contributed by atoms with Crippen molar-refractivity contribution in [3.63, 3.8) is 0 Å². The molecule has 0 fully saturated rings. The van der Waals surface area contributed by atoms with Crippen molar-refractivity contribution in [1.29, 1.82) is 0 Å². The lowest BCUT2D eigenvalue weighted by Crippen LogP contribution is -2.11. The van der Waals surface area contributed by atoms with Crippen molar-refractivity contribution in [3.05, 3.63) is 41.1 Å². The summed E-state index contributed by atoms with van der Waals surface area (Å²) in [4.78, 5) is 0.114. The predicted octanol–water partition coefficient (Wildman–Crippen LogP) is 2.14. The average molecular weight is 254 g/mol. The molecule has 0 saturated carbocycles. The first-order valence-corrected chi connectivity index (χ1v) is 6.97. The number of hydrogen-bond acceptors (Lipinski definition) is 4. The third-order valence-corrected chi connectivity index (χ3v) is 3.61. The number of nitrogens with one attached hydrogen (secondary N) is 1. The van der Waals surface area contributed by atoms with Crippen LogP contribution >= 0.6 is 11.3 Å². The fraction of sp³-hybridized carbons (Fsp3) is 0. The maximum Gasteiger partial charge on any atom is 0.238 e. The van der Waals surface area contributed by atoms with Gasteiger partial charge in [0, 0.05) is 16.8 Å². The van der Waals surface area contributed by atoms with Gasteiger partial charge in [0.1, 0.15) is 0 Å². The van der Waals surface area contributed by atoms with Gasteiger partial charge >= 0.3 is 0 Å². The highest BCUT2D eigenvalue weighted by Crippen LogP contribution is 2.20. The summed E-state index contributed by atoms with van der Waals surface area (Å²) in [5, 5.41) is 12.1. The highest BCUT2D eigenvalue weighted by Gasteiger charge is 2.06. The van der Waals surface area contributed by atoms with Crippen molar-refractivity contribution in [2.24, 2.45) is 5.14 Å². The summed E-state index contributed by atoms with van der Waals surface area (Å²) in [6.07, 6.45) is 0. The molecule has 6 heteroatoms. The lowest BCUT2D eigenvalue weighted by molar-refractivity contribution is 0.598. The van der Waals surface area contributed by atoms with Crippen LogP contribution in [0.25, 0.3) is 0 Å². The normalized spacial score (nSPS) is 11.3. The molecule has 84 valence electrons. The zero-order valence-electron chi connectivity index (χ0n) is 8.25. The minimum absolute atomic E-state index is 0.114. The van der Waals surface area contributed by atoms with Gasteiger partial charge in [-0.3, -0.25) is 0 Å². The van der Waals surface area contributed by atoms with Gasteiger partial charge in [-0.05, 0) is 35.7 Å². The number of benzene rings is 1. The topological polar surface area (TPSA) is 72.2 Å². The molecule has 0 unspecified atom stereocenters. The molecule has 16 heavy (non-hydrogen) atoms. The van der Waals surface area contributed by atoms with Gasteiger partial charge in [0.25, 0.3) is 0 Å². The first-order valence-electron chi connectivity index (χ1n) is 4.48. The van der Waals surface area contributed by atoms with Gasteiger partial charge in [-0.15, -0.1) is 0 Å². The molecule has 1 heterocycles. The smallest absolute Gasteiger partial charge is 0.238 e. The standard InChI is InChI=1S/C10H10N2O2S2/c11-16(13,14)10-3-1-8(2-4-10)12-9-5-6-15-7-9/h1-7,12H,(H2,11,13,14). The Hall–Kier alpha value is -1.37. The summed E-state index contributed by atoms with van der Waals surface area (Å²) < 4.78 is 22.0. The van der Waals surface area contributed by atoms with Crippen LogP contribution in [0.3, 0.4) is 0 Å². The SMILES string of the molecule is NS(=O)(=O)c1ccc(Nc2ccsc2)cc1. The number of hydrogen-bond donors (Lipinski definition) is 2. The van der Waals surface area contributed by atoms with E-state index in [0.717, 1.165) is 11.4 Å². The largest absolute Gasteiger partial charge is 0.355 e. The monoisotopic (exact) mass is 254 g/mol. The van der Waals surface area contributed by atoms with Crippen molar-refractivity contribution in [3.8, 4) is 0 Å². The molecule has 0 saturated heterocycles. The van der Waals surface area contributed by atoms with Crippen LogP contribution in [0.5, 0.6) is 0 Å². The highest BCUT2D eigenvalue weighted by molar-refractivity contribution is 7.89. The first kappa shape index (κ1) is 11.1. The molecule has 1 aromatic carbocycles. The molecule has 0 radical (unpaired) electrons. The van der Waals surface area contributed by atoms with Crippen LogP contribution in [-0.2, 0) is 10.0 Å². The van der Waals surface area contributed by atoms with Crippen molar-refractivity contribution in [2.75, 3.05) is 5.32 Å². The summed E-state index contributed by atoms with van der Waals surface area (Å²) in [6, 6.07) is 8.25. The molecule has 3 N–H and O–H groups in total. The molecule has 0 spiro atoms. The van der Waals surface area contributed by atoms with E-state index in [9.17, 15) is 8.42 Å². The maximum atomic E-state index is 11.0. The Morgan fingerprint density at radius 2 is 1.75 bits per heavy atom. The Bertz CT molecular complexity index is 559. The molecule has 4 nitrogen and oxygen atoms in total. The number of sulfonamides is 1. The van der Waals surface area contributed by atoms with Crippen LogP contribution in [-0.4, -0.2) is 8.42 Å². The van der Waals surface area contributed by atoms with E-state index in [1.54, 1.807) is 23.5 Å². The van der Waals surface area contributed by atoms with Gasteiger partial charge in [0.15, 0.2) is 0 Å². The molecular weight excluding hydrogens is 244 g/mol. The Labute approximate surface area is 97.8 Å². The molecule has 0 bridgehead atoms. The Kier molecular flexibility index (Phi) is 2.95. The Balaban J connectivity index is 2.20. The second kappa shape index (κ2) is 4.25. The van der Waals surface area contributed by atoms with Crippen LogP contribution in [0.15, 0.2) is 46.0 Å². The van der Waals surface area contributed by atoms with Crippen molar-refractivity contribution < 1.29 is 8.42 Å². The van der Waals surface area contributed by atoms with Crippen LogP contribution in [0.4, 0.5) is 11.4 Å². The van der Waals surface area contributed by atoms with E-state index in [4.69, 9.17) is 5.14 Å². The van der Waals surface area contributed by atoms with Gasteiger partial charge in [-0.25, -0.2) is 13.6 Å². The molecule has 0 atom stereocenters. The lowest BCUT2D eigenvalue weighted by atomic mass is 10.3. The van der Waals surface area contributed by atoms with Crippen LogP contribution in [0, 0.1) is 0 Å². The van der Waals surface area contributed by atoms with E-state index in [0.29, 0.717) is 0 Å². The van der Waals surface area contributed by atoms with Crippen LogP contribution in [0.1, 0.15) is 0 Å². The summed E-state index contributed by atoms with van der Waals surface area (Å²) in [6.45, 7) is 0. The highest BCUT2D eigenvalue weighted by atomic mass is 32.2. The average Bonchev–Trinajstić information content (AvgIpc) is 2.70. The Morgan fingerprint density at radius 1 is 1.06 bits per heavy atom. The maximum absolute atomic E-state index is 11.0. The fourth-order valence-corrected chi connectivity index (χ4v) is 2.33. The molecule has 0 aliphatic carbocycles. The molecule has 0 aliphatic rings. The van der Waals surface area contributed by atoms with Gasteiger partial charge in [-0.1, -0.05) is 0 Å². The third-order valence-electron chi connectivity index (χ3n) is 1.99. The first-order chi connectivity index (χ1) is 7.55. The van der Waals surface area contributed by atoms with Gasteiger partial charge in [-0.2, -0.15) is 11.3 Å². The fourth-order valence-electron chi connectivity index (χ4n) is 1.23. The second-order valence-electron chi connectivity index (χ2n) is 3.21. The molecule has 1 aromatic heterocycles. The lowest BCUT2D eigenvalue weighted by Gasteiger charge is -2.04. The number of thiophene rings is 1. The van der Waals surface area contributed by atoms with E-state index in [1.807, 2.05) is 16.8 Å². The summed E-state index contributed by atoms with van der Waals surface area (Å²) in [5.74, 6) is 0. The summed E-state index contributed by atoms with van der Waals surface area (Å²) >= 11 is 1.59. The van der Waals surface area contributed by atoms with E-state index in [-0.39, 0.29) is 4.90 Å². The zero-order chi connectivity index (χ0) is 11.6. The summed E-state index contributed by atoms with van der Waals surface area (Å²) in [5.41, 5.74) is 1.80. The van der Waals surface area contributed by atoms with Crippen LogP contribution < -0.4 is 10.5 Å². The number of nitrogens with two attached hydrogens (primary N) is 1. The number of rotatable bonds is 3. The molecule has 0 aliphatic heterocycles. The molecule has 2 rings (SSSR count). The number of primary sulfonamides is 1. The second-order valence-corrected chi connectivity index (χ2v) is 5.55. The molecular formula is C10H10N2O2S2. The predicted molar refractivity (Wildman–Crippen MR) is 65.4 cm³/mol. The van der Waals surface area contributed by atoms with Crippen molar-refractivity contribution in [2.45, 2.75) is 4.90 Å². The van der Waals surface area contributed by atoms with E-state index in [2.05, 4.69) is 5.32 Å². The van der Waals surface area contributed by atoms with Crippen molar-refractivity contribution in [1.82, 2.24) is 0 Å². The zero-order valence-corrected chi connectivity index (χ0v) is 9.88. The van der Waals surface area contributed by atoms with Crippen LogP contribution in [0.2, 0.25) is 0 Å². The third kappa shape index (κ3) is 2.60. The van der Waals surface area contributed by atoms with E-state index in [1.165, 1.54) is 12.1 Å². The van der Waals surface area contributed by atoms with Crippen molar-refractivity contribution >= 4 is 32.7 Å². The quantitative estimate of drug-likeness (QED) is 0.881. The summed E-state index contributed by atoms with van der Waals surface area (Å²) in [7, 11) is -3.61. The Morgan fingerprint density at radius 3 is 2.25 bits per heavy atom.